The number of benzene rings is 2. The first kappa shape index (κ1) is 18.6. The van der Waals surface area contributed by atoms with Gasteiger partial charge in [0.15, 0.2) is 30.6 Å². The standard InChI is InChI=1S/C17H11ClF2N4O3/c18-12-4-1-10(2-5-12)17-21-23-24(22-17)8-16(26)27-9-15(25)11-3-6-13(19)14(20)7-11/h1-7H,8-9H2. The average molecular weight is 393 g/mol. The van der Waals surface area contributed by atoms with Crippen molar-refractivity contribution in [2.75, 3.05) is 6.61 Å². The van der Waals surface area contributed by atoms with E-state index in [0.29, 0.717) is 10.6 Å². The lowest BCUT2D eigenvalue weighted by Crippen LogP contribution is -2.20. The molecule has 7 nitrogen and oxygen atoms in total. The van der Waals surface area contributed by atoms with Gasteiger partial charge in [-0.1, -0.05) is 11.6 Å². The first-order chi connectivity index (χ1) is 12.9. The topological polar surface area (TPSA) is 87.0 Å². The van der Waals surface area contributed by atoms with Crippen molar-refractivity contribution in [3.63, 3.8) is 0 Å². The van der Waals surface area contributed by atoms with Crippen LogP contribution in [-0.4, -0.2) is 38.6 Å². The third-order valence-electron chi connectivity index (χ3n) is 3.43. The van der Waals surface area contributed by atoms with Crippen molar-refractivity contribution in [1.29, 1.82) is 0 Å². The van der Waals surface area contributed by atoms with E-state index in [0.717, 1.165) is 23.0 Å². The Labute approximate surface area is 156 Å². The van der Waals surface area contributed by atoms with Crippen LogP contribution in [0.15, 0.2) is 42.5 Å². The summed E-state index contributed by atoms with van der Waals surface area (Å²) in [6, 6.07) is 9.38. The van der Waals surface area contributed by atoms with Gasteiger partial charge in [-0.15, -0.1) is 10.2 Å². The zero-order valence-electron chi connectivity index (χ0n) is 13.6. The highest BCUT2D eigenvalue weighted by molar-refractivity contribution is 6.30. The van der Waals surface area contributed by atoms with E-state index in [1.165, 1.54) is 0 Å². The molecule has 0 unspecified atom stereocenters. The number of tetrazole rings is 1. The van der Waals surface area contributed by atoms with Crippen molar-refractivity contribution in [2.45, 2.75) is 6.54 Å². The summed E-state index contributed by atoms with van der Waals surface area (Å²) >= 11 is 5.80. The summed E-state index contributed by atoms with van der Waals surface area (Å²) in [4.78, 5) is 24.7. The van der Waals surface area contributed by atoms with Crippen molar-refractivity contribution >= 4 is 23.4 Å². The Hall–Kier alpha value is -3.20. The summed E-state index contributed by atoms with van der Waals surface area (Å²) < 4.78 is 30.8. The highest BCUT2D eigenvalue weighted by atomic mass is 35.5. The van der Waals surface area contributed by atoms with E-state index >= 15 is 0 Å². The smallest absolute Gasteiger partial charge is 0.330 e. The van der Waals surface area contributed by atoms with E-state index in [9.17, 15) is 18.4 Å². The maximum Gasteiger partial charge on any atom is 0.330 e. The number of carbonyl (C=O) groups is 2. The third-order valence-corrected chi connectivity index (χ3v) is 3.68. The molecule has 0 spiro atoms. The fourth-order valence-electron chi connectivity index (χ4n) is 2.08. The van der Waals surface area contributed by atoms with Crippen molar-refractivity contribution in [3.8, 4) is 11.4 Å². The molecule has 3 aromatic rings. The minimum atomic E-state index is -1.16. The van der Waals surface area contributed by atoms with Crippen molar-refractivity contribution in [1.82, 2.24) is 20.2 Å². The van der Waals surface area contributed by atoms with Crippen molar-refractivity contribution in [2.24, 2.45) is 0 Å². The van der Waals surface area contributed by atoms with Crippen LogP contribution in [0.4, 0.5) is 8.78 Å². The number of carbonyl (C=O) groups excluding carboxylic acids is 2. The van der Waals surface area contributed by atoms with Crippen LogP contribution in [0.2, 0.25) is 5.02 Å². The number of aromatic nitrogens is 4. The molecule has 10 heteroatoms. The zero-order chi connectivity index (χ0) is 19.4. The fraction of sp³-hybridized carbons (Fsp3) is 0.118. The molecule has 1 heterocycles. The second-order valence-electron chi connectivity index (χ2n) is 5.36. The zero-order valence-corrected chi connectivity index (χ0v) is 14.4. The van der Waals surface area contributed by atoms with Gasteiger partial charge in [-0.25, -0.2) is 13.6 Å². The number of ether oxygens (including phenoxy) is 1. The van der Waals surface area contributed by atoms with Gasteiger partial charge in [0.1, 0.15) is 0 Å². The van der Waals surface area contributed by atoms with Crippen LogP contribution >= 0.6 is 11.6 Å². The lowest BCUT2D eigenvalue weighted by molar-refractivity contribution is -0.143. The summed E-state index contributed by atoms with van der Waals surface area (Å²) in [5.41, 5.74) is 0.554. The van der Waals surface area contributed by atoms with Gasteiger partial charge in [0, 0.05) is 16.1 Å². The van der Waals surface area contributed by atoms with E-state index < -0.39 is 30.0 Å². The summed E-state index contributed by atoms with van der Waals surface area (Å²) in [6.45, 7) is -0.992. The van der Waals surface area contributed by atoms with Crippen LogP contribution in [0.25, 0.3) is 11.4 Å². The normalized spacial score (nSPS) is 10.6. The molecule has 138 valence electrons. The van der Waals surface area contributed by atoms with E-state index in [1.54, 1.807) is 24.3 Å². The molecule has 2 aromatic carbocycles. The number of halogens is 3. The molecule has 0 N–H and O–H groups in total. The molecular formula is C17H11ClF2N4O3. The van der Waals surface area contributed by atoms with Gasteiger partial charge in [-0.2, -0.15) is 4.80 Å². The highest BCUT2D eigenvalue weighted by Gasteiger charge is 2.14. The Morgan fingerprint density at radius 1 is 1.07 bits per heavy atom. The van der Waals surface area contributed by atoms with Gasteiger partial charge in [-0.3, -0.25) is 4.79 Å². The molecule has 0 atom stereocenters. The molecular weight excluding hydrogens is 382 g/mol. The van der Waals surface area contributed by atoms with Gasteiger partial charge in [0.25, 0.3) is 0 Å². The molecule has 0 amide bonds. The van der Waals surface area contributed by atoms with Crippen LogP contribution in [-0.2, 0) is 16.1 Å². The third kappa shape index (κ3) is 4.70. The first-order valence-electron chi connectivity index (χ1n) is 7.60. The molecule has 0 aliphatic heterocycles. The molecule has 27 heavy (non-hydrogen) atoms. The van der Waals surface area contributed by atoms with Crippen LogP contribution in [0, 0.1) is 11.6 Å². The number of hydrogen-bond donors (Lipinski definition) is 0. The minimum Gasteiger partial charge on any atom is -0.456 e. The quantitative estimate of drug-likeness (QED) is 0.473. The number of esters is 1. The van der Waals surface area contributed by atoms with Gasteiger partial charge < -0.3 is 4.74 Å². The van der Waals surface area contributed by atoms with Gasteiger partial charge in [-0.05, 0) is 47.7 Å². The second-order valence-corrected chi connectivity index (χ2v) is 5.80. The molecule has 3 rings (SSSR count). The second kappa shape index (κ2) is 8.00. The highest BCUT2D eigenvalue weighted by Crippen LogP contribution is 2.17. The Kier molecular flexibility index (Phi) is 5.51. The summed E-state index contributed by atoms with van der Waals surface area (Å²) in [5, 5.41) is 12.1. The molecule has 0 aliphatic rings. The van der Waals surface area contributed by atoms with Gasteiger partial charge >= 0.3 is 5.97 Å². The Bertz CT molecular complexity index is 992. The average Bonchev–Trinajstić information content (AvgIpc) is 3.11. The summed E-state index contributed by atoms with van der Waals surface area (Å²) in [6.07, 6.45) is 0. The maximum absolute atomic E-state index is 13.1. The van der Waals surface area contributed by atoms with E-state index in [-0.39, 0.29) is 17.9 Å². The van der Waals surface area contributed by atoms with E-state index in [2.05, 4.69) is 15.4 Å². The Balaban J connectivity index is 1.55. The molecule has 1 aromatic heterocycles. The molecule has 0 saturated carbocycles. The number of hydrogen-bond acceptors (Lipinski definition) is 6. The van der Waals surface area contributed by atoms with Crippen molar-refractivity contribution in [3.05, 3.63) is 64.7 Å². The minimum absolute atomic E-state index is 0.106. The molecule has 0 aliphatic carbocycles. The SMILES string of the molecule is O=C(Cn1nnc(-c2ccc(Cl)cc2)n1)OCC(=O)c1ccc(F)c(F)c1. The van der Waals surface area contributed by atoms with E-state index in [1.807, 2.05) is 0 Å². The van der Waals surface area contributed by atoms with Gasteiger partial charge in [0.05, 0.1) is 0 Å². The lowest BCUT2D eigenvalue weighted by Gasteiger charge is -2.04. The van der Waals surface area contributed by atoms with Crippen LogP contribution in [0.1, 0.15) is 10.4 Å². The maximum atomic E-state index is 13.1. The Morgan fingerprint density at radius 3 is 2.52 bits per heavy atom. The van der Waals surface area contributed by atoms with Crippen LogP contribution in [0.3, 0.4) is 0 Å². The number of nitrogens with zero attached hydrogens (tertiary/aromatic N) is 4. The largest absolute Gasteiger partial charge is 0.456 e. The molecule has 0 radical (unpaired) electrons. The lowest BCUT2D eigenvalue weighted by atomic mass is 10.1. The van der Waals surface area contributed by atoms with Crippen molar-refractivity contribution < 1.29 is 23.1 Å². The monoisotopic (exact) mass is 392 g/mol. The summed E-state index contributed by atoms with van der Waals surface area (Å²) in [7, 11) is 0. The fourth-order valence-corrected chi connectivity index (χ4v) is 2.21. The number of rotatable bonds is 6. The first-order valence-corrected chi connectivity index (χ1v) is 7.98. The van der Waals surface area contributed by atoms with Gasteiger partial charge in [0.2, 0.25) is 5.82 Å². The van der Waals surface area contributed by atoms with Crippen LogP contribution < -0.4 is 0 Å². The number of ketones is 1. The molecule has 0 saturated heterocycles. The van der Waals surface area contributed by atoms with E-state index in [4.69, 9.17) is 16.3 Å². The predicted octanol–water partition coefficient (Wildman–Crippen LogP) is 2.70. The molecule has 0 fully saturated rings. The summed E-state index contributed by atoms with van der Waals surface area (Å²) in [5.74, 6) is -3.40. The van der Waals surface area contributed by atoms with Crippen LogP contribution in [0.5, 0.6) is 0 Å². The number of Topliss-reactive ketones (excluding diaryl/α,β-unsaturated/α-hetero) is 1. The molecule has 0 bridgehead atoms. The predicted molar refractivity (Wildman–Crippen MR) is 89.9 cm³/mol. The Morgan fingerprint density at radius 2 is 1.81 bits per heavy atom.